The molecule has 3 fully saturated rings. The van der Waals surface area contributed by atoms with Gasteiger partial charge < -0.3 is 9.84 Å². The summed E-state index contributed by atoms with van der Waals surface area (Å²) in [5, 5.41) is 19.9. The van der Waals surface area contributed by atoms with Crippen molar-refractivity contribution in [1.82, 2.24) is 0 Å². The van der Waals surface area contributed by atoms with E-state index in [1.807, 2.05) is 7.11 Å². The molecule has 138 valence electrons. The molecule has 4 aliphatic carbocycles. The predicted molar refractivity (Wildman–Crippen MR) is 97.6 cm³/mol. The van der Waals surface area contributed by atoms with Gasteiger partial charge in [-0.05, 0) is 86.9 Å². The van der Waals surface area contributed by atoms with E-state index in [1.54, 1.807) is 0 Å². The van der Waals surface area contributed by atoms with E-state index in [4.69, 9.17) is 4.74 Å². The molecule has 0 aromatic rings. The number of hydrogen-bond donors (Lipinski definition) is 1. The third-order valence-electron chi connectivity index (χ3n) is 8.81. The zero-order valence-corrected chi connectivity index (χ0v) is 15.8. The number of nitriles is 1. The Morgan fingerprint density at radius 2 is 2.08 bits per heavy atom. The van der Waals surface area contributed by atoms with Gasteiger partial charge in [0, 0.05) is 24.7 Å². The molecule has 0 heterocycles. The minimum absolute atomic E-state index is 0.0931. The van der Waals surface area contributed by atoms with E-state index in [2.05, 4.69) is 19.1 Å². The van der Waals surface area contributed by atoms with Crippen LogP contribution >= 0.6 is 0 Å². The Bertz CT molecular complexity index is 589. The van der Waals surface area contributed by atoms with E-state index >= 15 is 0 Å². The van der Waals surface area contributed by atoms with Crippen LogP contribution in [-0.2, 0) is 4.74 Å². The molecule has 0 aromatic heterocycles. The number of methoxy groups -OCH3 is 1. The van der Waals surface area contributed by atoms with E-state index in [9.17, 15) is 10.4 Å². The highest BCUT2D eigenvalue weighted by Crippen LogP contribution is 2.67. The smallest absolute Gasteiger partial charge is 0.0949 e. The zero-order chi connectivity index (χ0) is 17.7. The number of hydrogen-bond acceptors (Lipinski definition) is 3. The molecule has 25 heavy (non-hydrogen) atoms. The molecule has 4 aliphatic rings. The second-order valence-electron chi connectivity index (χ2n) is 9.48. The number of nitrogens with zero attached hydrogens (tertiary/aromatic N) is 1. The van der Waals surface area contributed by atoms with Crippen LogP contribution in [0.5, 0.6) is 0 Å². The Kier molecular flexibility index (Phi) is 4.49. The molecule has 3 nitrogen and oxygen atoms in total. The van der Waals surface area contributed by atoms with Crippen molar-refractivity contribution < 1.29 is 9.84 Å². The summed E-state index contributed by atoms with van der Waals surface area (Å²) < 4.78 is 5.52. The van der Waals surface area contributed by atoms with Gasteiger partial charge in [-0.25, -0.2) is 0 Å². The first-order chi connectivity index (χ1) is 12.0. The molecule has 0 unspecified atom stereocenters. The van der Waals surface area contributed by atoms with Crippen LogP contribution in [0.3, 0.4) is 0 Å². The maximum atomic E-state index is 10.3. The lowest BCUT2D eigenvalue weighted by Gasteiger charge is -2.61. The molecule has 3 heteroatoms. The summed E-state index contributed by atoms with van der Waals surface area (Å²) in [5.41, 5.74) is 1.55. The first-order valence-corrected chi connectivity index (χ1v) is 10.3. The van der Waals surface area contributed by atoms with Gasteiger partial charge in [0.1, 0.15) is 0 Å². The van der Waals surface area contributed by atoms with Gasteiger partial charge in [0.15, 0.2) is 0 Å². The Morgan fingerprint density at radius 3 is 2.84 bits per heavy atom. The van der Waals surface area contributed by atoms with E-state index in [0.29, 0.717) is 17.3 Å². The first-order valence-electron chi connectivity index (χ1n) is 10.3. The van der Waals surface area contributed by atoms with Gasteiger partial charge in [-0.1, -0.05) is 13.0 Å². The fraction of sp³-hybridized carbons (Fsp3) is 0.864. The lowest BCUT2D eigenvalue weighted by atomic mass is 9.43. The summed E-state index contributed by atoms with van der Waals surface area (Å²) in [4.78, 5) is 0. The van der Waals surface area contributed by atoms with E-state index in [1.165, 1.54) is 32.1 Å². The molecule has 0 amide bonds. The Labute approximate surface area is 152 Å². The third kappa shape index (κ3) is 2.52. The van der Waals surface area contributed by atoms with Crippen LogP contribution < -0.4 is 0 Å². The molecule has 0 spiro atoms. The van der Waals surface area contributed by atoms with Crippen molar-refractivity contribution in [2.75, 3.05) is 13.7 Å². The average molecular weight is 344 g/mol. The number of aliphatic hydroxyl groups excluding tert-OH is 1. The summed E-state index contributed by atoms with van der Waals surface area (Å²) in [5.74, 6) is 2.84. The van der Waals surface area contributed by atoms with Gasteiger partial charge in [-0.3, -0.25) is 0 Å². The second kappa shape index (κ2) is 6.39. The van der Waals surface area contributed by atoms with Gasteiger partial charge in [0.05, 0.1) is 12.2 Å². The Hall–Kier alpha value is -0.850. The molecular formula is C22H33NO2. The number of rotatable bonds is 3. The normalized spacial score (nSPS) is 48.7. The predicted octanol–water partition coefficient (Wildman–Crippen LogP) is 4.47. The van der Waals surface area contributed by atoms with E-state index < -0.39 is 0 Å². The summed E-state index contributed by atoms with van der Waals surface area (Å²) in [6.45, 7) is 3.20. The van der Waals surface area contributed by atoms with Crippen LogP contribution in [0.4, 0.5) is 0 Å². The third-order valence-corrected chi connectivity index (χ3v) is 8.81. The molecule has 0 saturated heterocycles. The van der Waals surface area contributed by atoms with Gasteiger partial charge in [0.2, 0.25) is 0 Å². The standard InChI is InChI=1S/C22H33NO2/c1-21-9-8-20-18(19(21)6-4-16(21)14-23)5-3-15-13-17(24)7-10-22(15,20)11-12-25-2/h4,15,17-20,24H,3,5-13H2,1-2H3/t15-,17+,18-,19-,20-,21+,22+/m0/s1. The molecule has 0 aromatic carbocycles. The van der Waals surface area contributed by atoms with Crippen molar-refractivity contribution >= 4 is 0 Å². The fourth-order valence-electron chi connectivity index (χ4n) is 7.56. The van der Waals surface area contributed by atoms with Crippen LogP contribution in [0.2, 0.25) is 0 Å². The fourth-order valence-corrected chi connectivity index (χ4v) is 7.56. The van der Waals surface area contributed by atoms with Crippen molar-refractivity contribution in [3.63, 3.8) is 0 Å². The van der Waals surface area contributed by atoms with Gasteiger partial charge >= 0.3 is 0 Å². The number of allylic oxidation sites excluding steroid dienone is 2. The first kappa shape index (κ1) is 17.6. The molecule has 0 radical (unpaired) electrons. The van der Waals surface area contributed by atoms with Crippen LogP contribution in [0.15, 0.2) is 11.6 Å². The number of ether oxygens (including phenoxy) is 1. The summed E-state index contributed by atoms with van der Waals surface area (Å²) >= 11 is 0. The molecule has 4 rings (SSSR count). The summed E-state index contributed by atoms with van der Waals surface area (Å²) in [6.07, 6.45) is 12.5. The molecule has 1 N–H and O–H groups in total. The van der Waals surface area contributed by atoms with E-state index in [0.717, 1.165) is 49.7 Å². The minimum atomic E-state index is -0.0931. The maximum absolute atomic E-state index is 10.3. The largest absolute Gasteiger partial charge is 0.393 e. The van der Waals surface area contributed by atoms with Crippen molar-refractivity contribution in [2.24, 2.45) is 34.5 Å². The van der Waals surface area contributed by atoms with Crippen molar-refractivity contribution in [3.8, 4) is 6.07 Å². The molecule has 0 aliphatic heterocycles. The van der Waals surface area contributed by atoms with Crippen LogP contribution in [0, 0.1) is 45.8 Å². The molecule has 7 atom stereocenters. The highest BCUT2D eigenvalue weighted by Gasteiger charge is 2.59. The van der Waals surface area contributed by atoms with Gasteiger partial charge in [0.25, 0.3) is 0 Å². The van der Waals surface area contributed by atoms with E-state index in [-0.39, 0.29) is 11.5 Å². The number of aliphatic hydroxyl groups is 1. The monoisotopic (exact) mass is 343 g/mol. The molecular weight excluding hydrogens is 310 g/mol. The zero-order valence-electron chi connectivity index (χ0n) is 15.8. The van der Waals surface area contributed by atoms with Crippen LogP contribution in [0.25, 0.3) is 0 Å². The quantitative estimate of drug-likeness (QED) is 0.823. The minimum Gasteiger partial charge on any atom is -0.393 e. The SMILES string of the molecule is COCC[C@]12CC[C@@H](O)C[C@@H]1CC[C@@H]1[C@@H]2CC[C@]2(C)C(C#N)=CC[C@@H]12. The Balaban J connectivity index is 1.64. The van der Waals surface area contributed by atoms with Crippen LogP contribution in [-0.4, -0.2) is 24.9 Å². The highest BCUT2D eigenvalue weighted by molar-refractivity contribution is 5.35. The second-order valence-corrected chi connectivity index (χ2v) is 9.48. The van der Waals surface area contributed by atoms with Crippen molar-refractivity contribution in [1.29, 1.82) is 5.26 Å². The van der Waals surface area contributed by atoms with Gasteiger partial charge in [-0.15, -0.1) is 0 Å². The van der Waals surface area contributed by atoms with Crippen LogP contribution in [0.1, 0.15) is 64.7 Å². The highest BCUT2D eigenvalue weighted by atomic mass is 16.5. The van der Waals surface area contributed by atoms with Gasteiger partial charge in [-0.2, -0.15) is 5.26 Å². The molecule has 0 bridgehead atoms. The molecule has 3 saturated carbocycles. The number of fused-ring (bicyclic) bond motifs is 5. The average Bonchev–Trinajstić information content (AvgIpc) is 2.96. The van der Waals surface area contributed by atoms with Crippen molar-refractivity contribution in [3.05, 3.63) is 11.6 Å². The summed E-state index contributed by atoms with van der Waals surface area (Å²) in [6, 6.07) is 2.51. The lowest BCUT2D eigenvalue weighted by molar-refractivity contribution is -0.136. The summed E-state index contributed by atoms with van der Waals surface area (Å²) in [7, 11) is 1.82. The van der Waals surface area contributed by atoms with Crippen molar-refractivity contribution in [2.45, 2.75) is 70.8 Å². The Morgan fingerprint density at radius 1 is 1.24 bits per heavy atom. The maximum Gasteiger partial charge on any atom is 0.0949 e. The topological polar surface area (TPSA) is 53.2 Å². The lowest BCUT2D eigenvalue weighted by Crippen LogP contribution is -2.55.